The monoisotopic (exact) mass is 268 g/mol. The lowest BCUT2D eigenvalue weighted by Gasteiger charge is -2.35. The Bertz CT molecular complexity index is 590. The molecular weight excluding hydrogens is 244 g/mol. The molecule has 0 fully saturated rings. The third-order valence-electron chi connectivity index (χ3n) is 4.54. The lowest BCUT2D eigenvalue weighted by atomic mass is 9.67. The molecule has 2 aliphatic carbocycles. The van der Waals surface area contributed by atoms with E-state index in [1.165, 1.54) is 16.7 Å². The number of allylic oxidation sites excluding steroid dienone is 4. The highest BCUT2D eigenvalue weighted by Crippen LogP contribution is 2.55. The molecule has 106 valence electrons. The number of hydrogen-bond donors (Lipinski definition) is 0. The van der Waals surface area contributed by atoms with Gasteiger partial charge in [0.15, 0.2) is 5.78 Å². The minimum Gasteiger partial charge on any atom is -0.290 e. The second-order valence-corrected chi connectivity index (χ2v) is 5.73. The standard InChI is InChI=1S/C17H18O.C2H6/c1-11(2)17-9-8-15(18)12(3)16(17)14-7-5-4-6-13(14)10-17;1-2/h4-9,11H,10H2,1-3H3;1-2H3. The van der Waals surface area contributed by atoms with Gasteiger partial charge in [-0.1, -0.05) is 58.0 Å². The van der Waals surface area contributed by atoms with Gasteiger partial charge in [0.2, 0.25) is 0 Å². The van der Waals surface area contributed by atoms with Crippen LogP contribution in [0.25, 0.3) is 5.57 Å². The molecule has 0 aliphatic heterocycles. The first-order valence-corrected chi connectivity index (χ1v) is 7.59. The first-order chi connectivity index (χ1) is 9.56. The highest BCUT2D eigenvalue weighted by atomic mass is 16.1. The third kappa shape index (κ3) is 1.96. The summed E-state index contributed by atoms with van der Waals surface area (Å²) in [6.07, 6.45) is 4.93. The molecule has 0 saturated heterocycles. The molecule has 3 rings (SSSR count). The Hall–Kier alpha value is -1.63. The van der Waals surface area contributed by atoms with E-state index in [-0.39, 0.29) is 11.2 Å². The molecule has 0 spiro atoms. The SMILES string of the molecule is CC.CC1=C2c3ccccc3CC2(C(C)C)C=CC1=O. The van der Waals surface area contributed by atoms with Gasteiger partial charge in [-0.2, -0.15) is 0 Å². The van der Waals surface area contributed by atoms with Gasteiger partial charge >= 0.3 is 0 Å². The second-order valence-electron chi connectivity index (χ2n) is 5.73. The molecule has 1 unspecified atom stereocenters. The average Bonchev–Trinajstić information content (AvgIpc) is 2.81. The van der Waals surface area contributed by atoms with Crippen LogP contribution >= 0.6 is 0 Å². The lowest BCUT2D eigenvalue weighted by Crippen LogP contribution is -2.29. The van der Waals surface area contributed by atoms with E-state index in [1.54, 1.807) is 6.08 Å². The van der Waals surface area contributed by atoms with Crippen molar-refractivity contribution in [2.45, 2.75) is 41.0 Å². The summed E-state index contributed by atoms with van der Waals surface area (Å²) in [6.45, 7) is 10.5. The van der Waals surface area contributed by atoms with Crippen LogP contribution in [0.3, 0.4) is 0 Å². The summed E-state index contributed by atoms with van der Waals surface area (Å²) in [5, 5.41) is 0. The zero-order chi connectivity index (χ0) is 14.9. The highest BCUT2D eigenvalue weighted by molar-refractivity contribution is 6.12. The van der Waals surface area contributed by atoms with Gasteiger partial charge in [0.05, 0.1) is 0 Å². The maximum atomic E-state index is 12.0. The first-order valence-electron chi connectivity index (χ1n) is 7.59. The van der Waals surface area contributed by atoms with Crippen LogP contribution in [0.2, 0.25) is 0 Å². The minimum absolute atomic E-state index is 0.0294. The Balaban J connectivity index is 0.000000704. The van der Waals surface area contributed by atoms with Gasteiger partial charge in [0, 0.05) is 11.0 Å². The Morgan fingerprint density at radius 3 is 2.45 bits per heavy atom. The number of hydrogen-bond acceptors (Lipinski definition) is 1. The average molecular weight is 268 g/mol. The van der Waals surface area contributed by atoms with Gasteiger partial charge in [0.1, 0.15) is 0 Å². The van der Waals surface area contributed by atoms with Crippen molar-refractivity contribution >= 4 is 11.4 Å². The van der Waals surface area contributed by atoms with E-state index in [9.17, 15) is 4.79 Å². The van der Waals surface area contributed by atoms with Crippen LogP contribution in [0.5, 0.6) is 0 Å². The molecule has 0 bridgehead atoms. The summed E-state index contributed by atoms with van der Waals surface area (Å²) in [7, 11) is 0. The van der Waals surface area contributed by atoms with E-state index < -0.39 is 0 Å². The maximum absolute atomic E-state index is 12.0. The second kappa shape index (κ2) is 5.40. The largest absolute Gasteiger partial charge is 0.290 e. The van der Waals surface area contributed by atoms with Crippen LogP contribution in [0.1, 0.15) is 45.7 Å². The molecule has 0 saturated carbocycles. The van der Waals surface area contributed by atoms with Crippen molar-refractivity contribution in [3.05, 3.63) is 53.1 Å². The fourth-order valence-corrected chi connectivity index (χ4v) is 3.42. The number of ketones is 1. The summed E-state index contributed by atoms with van der Waals surface area (Å²) < 4.78 is 0. The summed E-state index contributed by atoms with van der Waals surface area (Å²) in [5.74, 6) is 0.664. The number of rotatable bonds is 1. The fraction of sp³-hybridized carbons (Fsp3) is 0.421. The van der Waals surface area contributed by atoms with Crippen LogP contribution in [-0.2, 0) is 11.2 Å². The van der Waals surface area contributed by atoms with Gasteiger partial charge in [-0.15, -0.1) is 0 Å². The Kier molecular flexibility index (Phi) is 3.99. The van der Waals surface area contributed by atoms with Crippen LogP contribution < -0.4 is 0 Å². The zero-order valence-corrected chi connectivity index (χ0v) is 13.2. The number of benzene rings is 1. The molecule has 1 aromatic rings. The van der Waals surface area contributed by atoms with Gasteiger partial charge in [0.25, 0.3) is 0 Å². The van der Waals surface area contributed by atoms with E-state index in [2.05, 4.69) is 44.2 Å². The summed E-state index contributed by atoms with van der Waals surface area (Å²) >= 11 is 0. The van der Waals surface area contributed by atoms with Crippen LogP contribution in [0, 0.1) is 11.3 Å². The van der Waals surface area contributed by atoms with E-state index in [0.29, 0.717) is 5.92 Å². The fourth-order valence-electron chi connectivity index (χ4n) is 3.42. The molecule has 1 nitrogen and oxygen atoms in total. The minimum atomic E-state index is 0.0294. The highest BCUT2D eigenvalue weighted by Gasteiger charge is 2.45. The van der Waals surface area contributed by atoms with Crippen LogP contribution in [0.4, 0.5) is 0 Å². The van der Waals surface area contributed by atoms with Crippen molar-refractivity contribution in [3.63, 3.8) is 0 Å². The summed E-state index contributed by atoms with van der Waals surface area (Å²) in [6, 6.07) is 8.51. The van der Waals surface area contributed by atoms with Crippen LogP contribution in [-0.4, -0.2) is 5.78 Å². The van der Waals surface area contributed by atoms with Crippen LogP contribution in [0.15, 0.2) is 42.0 Å². The van der Waals surface area contributed by atoms with Gasteiger partial charge in [-0.25, -0.2) is 0 Å². The Morgan fingerprint density at radius 1 is 1.15 bits per heavy atom. The van der Waals surface area contributed by atoms with E-state index >= 15 is 0 Å². The van der Waals surface area contributed by atoms with Gasteiger partial charge in [-0.05, 0) is 42.0 Å². The van der Waals surface area contributed by atoms with Crippen molar-refractivity contribution in [2.24, 2.45) is 11.3 Å². The smallest absolute Gasteiger partial charge is 0.181 e. The zero-order valence-electron chi connectivity index (χ0n) is 13.2. The summed E-state index contributed by atoms with van der Waals surface area (Å²) in [5.41, 5.74) is 4.87. The molecule has 0 heterocycles. The normalized spacial score (nSPS) is 23.4. The maximum Gasteiger partial charge on any atom is 0.181 e. The number of fused-ring (bicyclic) bond motifs is 3. The molecular formula is C19H24O. The van der Waals surface area contributed by atoms with Crippen molar-refractivity contribution in [1.29, 1.82) is 0 Å². The molecule has 0 aromatic heterocycles. The molecule has 0 radical (unpaired) electrons. The first kappa shape index (κ1) is 14.8. The molecule has 1 atom stereocenters. The third-order valence-corrected chi connectivity index (χ3v) is 4.54. The van der Waals surface area contributed by atoms with Crippen molar-refractivity contribution in [2.75, 3.05) is 0 Å². The van der Waals surface area contributed by atoms with E-state index in [0.717, 1.165) is 12.0 Å². The number of carbonyl (C=O) groups excluding carboxylic acids is 1. The molecule has 0 N–H and O–H groups in total. The van der Waals surface area contributed by atoms with Gasteiger partial charge < -0.3 is 0 Å². The van der Waals surface area contributed by atoms with Crippen molar-refractivity contribution in [1.82, 2.24) is 0 Å². The predicted octanol–water partition coefficient (Wildman–Crippen LogP) is 4.82. The topological polar surface area (TPSA) is 17.1 Å². The molecule has 0 amide bonds. The summed E-state index contributed by atoms with van der Waals surface area (Å²) in [4.78, 5) is 12.0. The van der Waals surface area contributed by atoms with E-state index in [1.807, 2.05) is 20.8 Å². The Morgan fingerprint density at radius 2 is 1.80 bits per heavy atom. The van der Waals surface area contributed by atoms with Crippen molar-refractivity contribution < 1.29 is 4.79 Å². The molecule has 20 heavy (non-hydrogen) atoms. The number of carbonyl (C=O) groups is 1. The predicted molar refractivity (Wildman–Crippen MR) is 85.5 cm³/mol. The van der Waals surface area contributed by atoms with E-state index in [4.69, 9.17) is 0 Å². The molecule has 1 heteroatoms. The Labute approximate surface area is 122 Å². The van der Waals surface area contributed by atoms with Gasteiger partial charge in [-0.3, -0.25) is 4.79 Å². The molecule has 2 aliphatic rings. The molecule has 1 aromatic carbocycles. The lowest BCUT2D eigenvalue weighted by molar-refractivity contribution is -0.111. The van der Waals surface area contributed by atoms with Crippen molar-refractivity contribution in [3.8, 4) is 0 Å². The quantitative estimate of drug-likeness (QED) is 0.713.